The number of benzene rings is 4. The second-order valence-corrected chi connectivity index (χ2v) is 9.42. The molecule has 29 heavy (non-hydrogen) atoms. The Hall–Kier alpha value is -3.10. The summed E-state index contributed by atoms with van der Waals surface area (Å²) in [6, 6.07) is 30.8. The molecule has 5 aromatic rings. The number of fused-ring (bicyclic) bond motifs is 6. The average molecular weight is 392 g/mol. The first kappa shape index (κ1) is 16.8. The van der Waals surface area contributed by atoms with Gasteiger partial charge in [0.05, 0.1) is 0 Å². The Labute approximate surface area is 174 Å². The van der Waals surface area contributed by atoms with Gasteiger partial charge in [0.2, 0.25) is 0 Å². The van der Waals surface area contributed by atoms with Crippen LogP contribution in [0, 0.1) is 0 Å². The SMILES string of the molecule is CC1(C)c2ccccc2-c2cccc(Nc3ccc4c(c3)sc3ccccc34)c21. The van der Waals surface area contributed by atoms with Crippen molar-refractivity contribution < 1.29 is 0 Å². The van der Waals surface area contributed by atoms with E-state index in [0.717, 1.165) is 5.69 Å². The van der Waals surface area contributed by atoms with Crippen LogP contribution < -0.4 is 5.32 Å². The minimum atomic E-state index is -0.0166. The highest BCUT2D eigenvalue weighted by Gasteiger charge is 2.37. The highest BCUT2D eigenvalue weighted by molar-refractivity contribution is 7.25. The monoisotopic (exact) mass is 391 g/mol. The molecule has 140 valence electrons. The van der Waals surface area contributed by atoms with Gasteiger partial charge in [0.25, 0.3) is 0 Å². The lowest BCUT2D eigenvalue weighted by Crippen LogP contribution is -2.16. The van der Waals surface area contributed by atoms with Crippen LogP contribution in [-0.4, -0.2) is 0 Å². The van der Waals surface area contributed by atoms with E-state index in [4.69, 9.17) is 0 Å². The summed E-state index contributed by atoms with van der Waals surface area (Å²) in [5.74, 6) is 0. The van der Waals surface area contributed by atoms with E-state index < -0.39 is 0 Å². The number of nitrogens with one attached hydrogen (secondary N) is 1. The van der Waals surface area contributed by atoms with Crippen molar-refractivity contribution in [2.75, 3.05) is 5.32 Å². The van der Waals surface area contributed by atoms with Crippen molar-refractivity contribution in [1.29, 1.82) is 0 Å². The Kier molecular flexibility index (Phi) is 3.45. The third kappa shape index (κ3) is 2.39. The Morgan fingerprint density at radius 3 is 2.38 bits per heavy atom. The molecule has 1 heterocycles. The second kappa shape index (κ2) is 5.95. The largest absolute Gasteiger partial charge is 0.355 e. The Balaban J connectivity index is 1.48. The molecule has 0 amide bonds. The molecular formula is C27H21NS. The molecule has 1 nitrogen and oxygen atoms in total. The van der Waals surface area contributed by atoms with Crippen molar-refractivity contribution in [1.82, 2.24) is 0 Å². The van der Waals surface area contributed by atoms with Gasteiger partial charge in [-0.05, 0) is 46.5 Å². The molecule has 0 saturated carbocycles. The summed E-state index contributed by atoms with van der Waals surface area (Å²) >= 11 is 1.86. The number of rotatable bonds is 2. The van der Waals surface area contributed by atoms with E-state index in [1.807, 2.05) is 11.3 Å². The van der Waals surface area contributed by atoms with Crippen LogP contribution in [0.15, 0.2) is 84.9 Å². The average Bonchev–Trinajstić information content (AvgIpc) is 3.21. The molecule has 0 unspecified atom stereocenters. The van der Waals surface area contributed by atoms with Crippen LogP contribution >= 0.6 is 11.3 Å². The zero-order chi connectivity index (χ0) is 19.6. The van der Waals surface area contributed by atoms with Crippen molar-refractivity contribution in [3.63, 3.8) is 0 Å². The molecule has 4 aromatic carbocycles. The van der Waals surface area contributed by atoms with Gasteiger partial charge < -0.3 is 5.32 Å². The topological polar surface area (TPSA) is 12.0 Å². The first-order chi connectivity index (χ1) is 14.1. The van der Waals surface area contributed by atoms with E-state index in [9.17, 15) is 0 Å². The fraction of sp³-hybridized carbons (Fsp3) is 0.111. The van der Waals surface area contributed by atoms with Crippen LogP contribution in [0.25, 0.3) is 31.3 Å². The van der Waals surface area contributed by atoms with Crippen molar-refractivity contribution in [3.05, 3.63) is 96.1 Å². The lowest BCUT2D eigenvalue weighted by molar-refractivity contribution is 0.662. The van der Waals surface area contributed by atoms with Gasteiger partial charge in [-0.1, -0.05) is 74.5 Å². The molecule has 0 saturated heterocycles. The summed E-state index contributed by atoms with van der Waals surface area (Å²) in [6.45, 7) is 4.66. The van der Waals surface area contributed by atoms with Crippen LogP contribution in [-0.2, 0) is 5.41 Å². The van der Waals surface area contributed by atoms with E-state index >= 15 is 0 Å². The van der Waals surface area contributed by atoms with Crippen molar-refractivity contribution in [2.45, 2.75) is 19.3 Å². The fourth-order valence-corrected chi connectivity index (χ4v) is 6.06. The molecular weight excluding hydrogens is 370 g/mol. The molecule has 1 aromatic heterocycles. The van der Waals surface area contributed by atoms with Gasteiger partial charge in [-0.3, -0.25) is 0 Å². The highest BCUT2D eigenvalue weighted by atomic mass is 32.1. The minimum absolute atomic E-state index is 0.0166. The van der Waals surface area contributed by atoms with Crippen LogP contribution in [0.3, 0.4) is 0 Å². The third-order valence-corrected chi connectivity index (χ3v) is 7.37. The third-order valence-electron chi connectivity index (χ3n) is 6.24. The number of anilines is 2. The van der Waals surface area contributed by atoms with Crippen molar-refractivity contribution >= 4 is 42.9 Å². The standard InChI is InChI=1S/C27H21NS/c1-27(2)22-11-5-3-8-18(22)21-10-7-12-23(26(21)27)28-17-14-15-20-19-9-4-6-13-24(19)29-25(20)16-17/h3-16,28H,1-2H3. The predicted molar refractivity (Wildman–Crippen MR) is 127 cm³/mol. The van der Waals surface area contributed by atoms with Gasteiger partial charge in [-0.15, -0.1) is 11.3 Å². The summed E-state index contributed by atoms with van der Waals surface area (Å²) in [7, 11) is 0. The first-order valence-electron chi connectivity index (χ1n) is 10.0. The highest BCUT2D eigenvalue weighted by Crippen LogP contribution is 2.51. The fourth-order valence-electron chi connectivity index (χ4n) is 4.91. The van der Waals surface area contributed by atoms with Gasteiger partial charge in [-0.25, -0.2) is 0 Å². The number of hydrogen-bond donors (Lipinski definition) is 1. The summed E-state index contributed by atoms with van der Waals surface area (Å²) in [5, 5.41) is 6.42. The molecule has 0 spiro atoms. The summed E-state index contributed by atoms with van der Waals surface area (Å²) < 4.78 is 2.67. The maximum atomic E-state index is 3.74. The summed E-state index contributed by atoms with van der Waals surface area (Å²) in [5.41, 5.74) is 7.82. The molecule has 1 N–H and O–H groups in total. The van der Waals surface area contributed by atoms with E-state index in [-0.39, 0.29) is 5.41 Å². The van der Waals surface area contributed by atoms with Gasteiger partial charge >= 0.3 is 0 Å². The zero-order valence-corrected chi connectivity index (χ0v) is 17.3. The van der Waals surface area contributed by atoms with Crippen LogP contribution in [0.4, 0.5) is 11.4 Å². The van der Waals surface area contributed by atoms with Crippen LogP contribution in [0.1, 0.15) is 25.0 Å². The van der Waals surface area contributed by atoms with Crippen molar-refractivity contribution in [2.24, 2.45) is 0 Å². The molecule has 1 aliphatic rings. The maximum absolute atomic E-state index is 3.74. The van der Waals surface area contributed by atoms with Crippen LogP contribution in [0.2, 0.25) is 0 Å². The quantitative estimate of drug-likeness (QED) is 0.320. The van der Waals surface area contributed by atoms with Gasteiger partial charge in [0.15, 0.2) is 0 Å². The normalized spacial score (nSPS) is 14.1. The second-order valence-electron chi connectivity index (χ2n) is 8.33. The molecule has 2 heteroatoms. The molecule has 1 aliphatic carbocycles. The lowest BCUT2D eigenvalue weighted by Gasteiger charge is -2.24. The van der Waals surface area contributed by atoms with Crippen molar-refractivity contribution in [3.8, 4) is 11.1 Å². The molecule has 0 bridgehead atoms. The summed E-state index contributed by atoms with van der Waals surface area (Å²) in [6.07, 6.45) is 0. The molecule has 0 fully saturated rings. The number of hydrogen-bond acceptors (Lipinski definition) is 2. The van der Waals surface area contributed by atoms with Gasteiger partial charge in [0.1, 0.15) is 0 Å². The number of thiophene rings is 1. The molecule has 0 aliphatic heterocycles. The lowest BCUT2D eigenvalue weighted by atomic mass is 9.81. The summed E-state index contributed by atoms with van der Waals surface area (Å²) in [4.78, 5) is 0. The Morgan fingerprint density at radius 2 is 1.45 bits per heavy atom. The molecule has 6 rings (SSSR count). The minimum Gasteiger partial charge on any atom is -0.355 e. The van der Waals surface area contributed by atoms with E-state index in [1.165, 1.54) is 48.1 Å². The predicted octanol–water partition coefficient (Wildman–Crippen LogP) is 8.10. The molecule has 0 atom stereocenters. The molecule has 0 radical (unpaired) electrons. The van der Waals surface area contributed by atoms with Gasteiger partial charge in [0, 0.05) is 37.0 Å². The van der Waals surface area contributed by atoms with Crippen LogP contribution in [0.5, 0.6) is 0 Å². The van der Waals surface area contributed by atoms with E-state index in [1.54, 1.807) is 0 Å². The first-order valence-corrected chi connectivity index (χ1v) is 10.9. The Morgan fingerprint density at radius 1 is 0.690 bits per heavy atom. The van der Waals surface area contributed by atoms with E-state index in [0.29, 0.717) is 0 Å². The smallest absolute Gasteiger partial charge is 0.0431 e. The Bertz CT molecular complexity index is 1410. The van der Waals surface area contributed by atoms with E-state index in [2.05, 4.69) is 104 Å². The zero-order valence-electron chi connectivity index (χ0n) is 16.5. The maximum Gasteiger partial charge on any atom is 0.0431 e. The van der Waals surface area contributed by atoms with Gasteiger partial charge in [-0.2, -0.15) is 0 Å².